The molecule has 0 aliphatic carbocycles. The van der Waals surface area contributed by atoms with Crippen LogP contribution in [-0.2, 0) is 9.47 Å². The van der Waals surface area contributed by atoms with Crippen LogP contribution in [0, 0.1) is 17.3 Å². The molecule has 1 heterocycles. The fourth-order valence-electron chi connectivity index (χ4n) is 1.65. The number of allylic oxidation sites excluding steroid dienone is 3. The molecule has 2 unspecified atom stereocenters. The Hall–Kier alpha value is -0.760. The van der Waals surface area contributed by atoms with Crippen molar-refractivity contribution in [2.24, 2.45) is 17.3 Å². The number of rotatable bonds is 7. The van der Waals surface area contributed by atoms with Crippen molar-refractivity contribution >= 4 is 0 Å². The number of epoxide rings is 1. The zero-order valence-corrected chi connectivity index (χ0v) is 11.8. The fourth-order valence-corrected chi connectivity index (χ4v) is 1.65. The average Bonchev–Trinajstić information content (AvgIpc) is 3.06. The summed E-state index contributed by atoms with van der Waals surface area (Å²) in [5.74, 6) is 2.00. The molecule has 2 nitrogen and oxygen atoms in total. The first-order valence-electron chi connectivity index (χ1n) is 6.46. The van der Waals surface area contributed by atoms with E-state index in [1.807, 2.05) is 6.08 Å². The lowest BCUT2D eigenvalue weighted by molar-refractivity contribution is 0.0890. The first-order chi connectivity index (χ1) is 7.89. The van der Waals surface area contributed by atoms with E-state index < -0.39 is 0 Å². The Kier molecular flexibility index (Phi) is 4.81. The molecule has 17 heavy (non-hydrogen) atoms. The van der Waals surface area contributed by atoms with Crippen molar-refractivity contribution in [3.05, 3.63) is 24.5 Å². The maximum Gasteiger partial charge on any atom is 0.116 e. The molecule has 98 valence electrons. The van der Waals surface area contributed by atoms with E-state index in [0.29, 0.717) is 24.5 Å². The Morgan fingerprint density at radius 2 is 2.06 bits per heavy atom. The van der Waals surface area contributed by atoms with Gasteiger partial charge in [0.05, 0.1) is 12.4 Å². The molecule has 0 N–H and O–H groups in total. The molecule has 0 saturated carbocycles. The smallest absolute Gasteiger partial charge is 0.116 e. The third kappa shape index (κ3) is 3.88. The van der Waals surface area contributed by atoms with Crippen LogP contribution in [-0.4, -0.2) is 19.3 Å². The highest BCUT2D eigenvalue weighted by Crippen LogP contribution is 2.39. The lowest BCUT2D eigenvalue weighted by Gasteiger charge is -2.36. The third-order valence-electron chi connectivity index (χ3n) is 4.15. The van der Waals surface area contributed by atoms with Crippen LogP contribution in [0.5, 0.6) is 0 Å². The molecule has 0 radical (unpaired) electrons. The fraction of sp³-hybridized carbons (Fsp3) is 0.733. The summed E-state index contributed by atoms with van der Waals surface area (Å²) in [4.78, 5) is 0. The lowest BCUT2D eigenvalue weighted by Crippen LogP contribution is -2.30. The molecule has 0 aromatic heterocycles. The monoisotopic (exact) mass is 238 g/mol. The van der Waals surface area contributed by atoms with Crippen molar-refractivity contribution in [1.82, 2.24) is 0 Å². The van der Waals surface area contributed by atoms with Gasteiger partial charge in [0.25, 0.3) is 0 Å². The Balaban J connectivity index is 2.67. The van der Waals surface area contributed by atoms with Crippen molar-refractivity contribution in [3.63, 3.8) is 0 Å². The van der Waals surface area contributed by atoms with E-state index in [1.54, 1.807) is 6.08 Å². The highest BCUT2D eigenvalue weighted by Gasteiger charge is 2.33. The van der Waals surface area contributed by atoms with Gasteiger partial charge in [0, 0.05) is 5.92 Å². The van der Waals surface area contributed by atoms with Crippen LogP contribution in [0.15, 0.2) is 24.5 Å². The summed E-state index contributed by atoms with van der Waals surface area (Å²) in [7, 11) is 0. The first-order valence-corrected chi connectivity index (χ1v) is 6.46. The summed E-state index contributed by atoms with van der Waals surface area (Å²) < 4.78 is 11.0. The van der Waals surface area contributed by atoms with E-state index in [2.05, 4.69) is 41.2 Å². The van der Waals surface area contributed by atoms with Gasteiger partial charge in [0.1, 0.15) is 12.7 Å². The lowest BCUT2D eigenvalue weighted by atomic mass is 9.70. The van der Waals surface area contributed by atoms with Crippen molar-refractivity contribution in [3.8, 4) is 0 Å². The van der Waals surface area contributed by atoms with E-state index in [1.165, 1.54) is 0 Å². The Morgan fingerprint density at radius 3 is 2.47 bits per heavy atom. The van der Waals surface area contributed by atoms with Gasteiger partial charge in [0.2, 0.25) is 0 Å². The van der Waals surface area contributed by atoms with Gasteiger partial charge in [-0.3, -0.25) is 0 Å². The summed E-state index contributed by atoms with van der Waals surface area (Å²) >= 11 is 0. The summed E-state index contributed by atoms with van der Waals surface area (Å²) in [6.07, 6.45) is 4.09. The second kappa shape index (κ2) is 5.72. The van der Waals surface area contributed by atoms with E-state index >= 15 is 0 Å². The van der Waals surface area contributed by atoms with E-state index in [9.17, 15) is 0 Å². The van der Waals surface area contributed by atoms with E-state index in [4.69, 9.17) is 9.47 Å². The minimum absolute atomic E-state index is 0.208. The Bertz CT molecular complexity index is 285. The van der Waals surface area contributed by atoms with Gasteiger partial charge in [0.15, 0.2) is 0 Å². The van der Waals surface area contributed by atoms with E-state index in [-0.39, 0.29) is 5.41 Å². The summed E-state index contributed by atoms with van der Waals surface area (Å²) in [6, 6.07) is 0. The summed E-state index contributed by atoms with van der Waals surface area (Å²) in [6.45, 7) is 16.6. The summed E-state index contributed by atoms with van der Waals surface area (Å²) in [5, 5.41) is 0. The van der Waals surface area contributed by atoms with Crippen LogP contribution < -0.4 is 0 Å². The van der Waals surface area contributed by atoms with Gasteiger partial charge >= 0.3 is 0 Å². The average molecular weight is 238 g/mol. The van der Waals surface area contributed by atoms with Crippen LogP contribution in [0.3, 0.4) is 0 Å². The van der Waals surface area contributed by atoms with Gasteiger partial charge in [-0.05, 0) is 17.4 Å². The van der Waals surface area contributed by atoms with Gasteiger partial charge in [-0.1, -0.05) is 47.3 Å². The van der Waals surface area contributed by atoms with Crippen molar-refractivity contribution in [2.45, 2.75) is 40.7 Å². The SMILES string of the molecule is C=C/C=C(/OCC1CO1)C(C)C(C)(C)C(C)C. The molecule has 1 saturated heterocycles. The number of hydrogen-bond donors (Lipinski definition) is 0. The molecular weight excluding hydrogens is 212 g/mol. The molecule has 0 aromatic carbocycles. The van der Waals surface area contributed by atoms with Gasteiger partial charge in [-0.25, -0.2) is 0 Å². The molecule has 1 aliphatic rings. The van der Waals surface area contributed by atoms with Crippen LogP contribution >= 0.6 is 0 Å². The summed E-state index contributed by atoms with van der Waals surface area (Å²) in [5.41, 5.74) is 0.208. The van der Waals surface area contributed by atoms with Gasteiger partial charge < -0.3 is 9.47 Å². The first kappa shape index (κ1) is 14.3. The van der Waals surface area contributed by atoms with Crippen LogP contribution in [0.4, 0.5) is 0 Å². The molecule has 1 fully saturated rings. The molecule has 2 heteroatoms. The molecule has 1 aliphatic heterocycles. The highest BCUT2D eigenvalue weighted by atomic mass is 16.6. The third-order valence-corrected chi connectivity index (χ3v) is 4.15. The number of ether oxygens (including phenoxy) is 2. The zero-order valence-electron chi connectivity index (χ0n) is 11.8. The highest BCUT2D eigenvalue weighted by molar-refractivity contribution is 5.10. The standard InChI is InChI=1S/C15H26O2/c1-7-8-14(17-10-13-9-16-13)12(4)15(5,6)11(2)3/h7-8,11-13H,1,9-10H2,2-6H3/b14-8+. The van der Waals surface area contributed by atoms with E-state index in [0.717, 1.165) is 12.4 Å². The van der Waals surface area contributed by atoms with Crippen LogP contribution in [0.2, 0.25) is 0 Å². The Labute approximate surface area is 106 Å². The maximum atomic E-state index is 5.87. The maximum absolute atomic E-state index is 5.87. The minimum atomic E-state index is 0.208. The largest absolute Gasteiger partial charge is 0.495 e. The predicted octanol–water partition coefficient (Wildman–Crippen LogP) is 3.79. The molecule has 0 amide bonds. The van der Waals surface area contributed by atoms with Gasteiger partial charge in [-0.2, -0.15) is 0 Å². The Morgan fingerprint density at radius 1 is 1.47 bits per heavy atom. The molecular formula is C15H26O2. The van der Waals surface area contributed by atoms with Gasteiger partial charge in [-0.15, -0.1) is 0 Å². The van der Waals surface area contributed by atoms with Crippen LogP contribution in [0.25, 0.3) is 0 Å². The normalized spacial score (nSPS) is 22.5. The molecule has 1 rings (SSSR count). The molecule has 2 atom stereocenters. The molecule has 0 bridgehead atoms. The molecule has 0 aromatic rings. The van der Waals surface area contributed by atoms with Crippen molar-refractivity contribution in [1.29, 1.82) is 0 Å². The second-order valence-electron chi connectivity index (χ2n) is 5.77. The molecule has 0 spiro atoms. The topological polar surface area (TPSA) is 21.8 Å². The predicted molar refractivity (Wildman–Crippen MR) is 71.8 cm³/mol. The number of hydrogen-bond acceptors (Lipinski definition) is 2. The van der Waals surface area contributed by atoms with Crippen molar-refractivity contribution in [2.75, 3.05) is 13.2 Å². The minimum Gasteiger partial charge on any atom is -0.495 e. The van der Waals surface area contributed by atoms with Crippen molar-refractivity contribution < 1.29 is 9.47 Å². The zero-order chi connectivity index (χ0) is 13.1. The quantitative estimate of drug-likeness (QED) is 0.382. The van der Waals surface area contributed by atoms with Crippen LogP contribution in [0.1, 0.15) is 34.6 Å². The second-order valence-corrected chi connectivity index (χ2v) is 5.77.